The minimum atomic E-state index is -4.04. The van der Waals surface area contributed by atoms with Crippen molar-refractivity contribution in [2.24, 2.45) is 0 Å². The molecular formula is C27H30FN3O4S. The first-order chi connectivity index (χ1) is 17.3. The van der Waals surface area contributed by atoms with E-state index in [9.17, 15) is 17.6 Å². The maximum Gasteiger partial charge on any atom is 0.264 e. The number of para-hydroxylation sites is 2. The Morgan fingerprint density at radius 2 is 1.58 bits per heavy atom. The molecule has 1 aliphatic rings. The van der Waals surface area contributed by atoms with Crippen LogP contribution in [-0.4, -0.2) is 58.6 Å². The summed E-state index contributed by atoms with van der Waals surface area (Å²) < 4.78 is 47.6. The van der Waals surface area contributed by atoms with Gasteiger partial charge in [-0.1, -0.05) is 29.8 Å². The molecule has 0 atom stereocenters. The van der Waals surface area contributed by atoms with Gasteiger partial charge >= 0.3 is 0 Å². The second-order valence-corrected chi connectivity index (χ2v) is 10.4. The smallest absolute Gasteiger partial charge is 0.264 e. The van der Waals surface area contributed by atoms with Crippen molar-refractivity contribution in [3.8, 4) is 5.75 Å². The Bertz CT molecular complexity index is 1290. The molecule has 0 aliphatic carbocycles. The summed E-state index contributed by atoms with van der Waals surface area (Å²) in [7, 11) is -4.04. The van der Waals surface area contributed by atoms with E-state index in [4.69, 9.17) is 4.74 Å². The fourth-order valence-electron chi connectivity index (χ4n) is 4.17. The van der Waals surface area contributed by atoms with Crippen molar-refractivity contribution in [1.82, 2.24) is 4.90 Å². The van der Waals surface area contributed by atoms with Gasteiger partial charge in [0.15, 0.2) is 0 Å². The summed E-state index contributed by atoms with van der Waals surface area (Å²) in [5, 5.41) is 0. The predicted molar refractivity (Wildman–Crippen MR) is 139 cm³/mol. The molecule has 0 radical (unpaired) electrons. The number of nitrogens with zero attached hydrogens (tertiary/aromatic N) is 3. The lowest BCUT2D eigenvalue weighted by Crippen LogP contribution is -2.52. The summed E-state index contributed by atoms with van der Waals surface area (Å²) in [4.78, 5) is 17.2. The standard InChI is InChI=1S/C27H30FN3O4S/c1-3-35-26-7-5-4-6-25(26)31(36(33,34)24-14-8-21(2)9-15-24)20-27(32)30-18-16-29(17-19-30)23-12-10-22(28)11-13-23/h4-15H,3,16-20H2,1-2H3. The normalized spacial score (nSPS) is 14.0. The van der Waals surface area contributed by atoms with Gasteiger partial charge in [-0.15, -0.1) is 0 Å². The highest BCUT2D eigenvalue weighted by Gasteiger charge is 2.32. The zero-order chi connectivity index (χ0) is 25.7. The van der Waals surface area contributed by atoms with Gasteiger partial charge in [0.2, 0.25) is 5.91 Å². The molecule has 3 aromatic carbocycles. The fourth-order valence-corrected chi connectivity index (χ4v) is 5.59. The molecule has 0 bridgehead atoms. The molecule has 9 heteroatoms. The molecule has 1 saturated heterocycles. The van der Waals surface area contributed by atoms with Crippen LogP contribution in [0.2, 0.25) is 0 Å². The number of carbonyl (C=O) groups excluding carboxylic acids is 1. The summed E-state index contributed by atoms with van der Waals surface area (Å²) in [6, 6.07) is 19.7. The van der Waals surface area contributed by atoms with Crippen LogP contribution in [0.4, 0.5) is 15.8 Å². The van der Waals surface area contributed by atoms with Gasteiger partial charge in [0.1, 0.15) is 18.1 Å². The fraction of sp³-hybridized carbons (Fsp3) is 0.296. The van der Waals surface area contributed by atoms with Gasteiger partial charge in [0.05, 0.1) is 17.2 Å². The Hall–Kier alpha value is -3.59. The minimum Gasteiger partial charge on any atom is -0.492 e. The van der Waals surface area contributed by atoms with Crippen molar-refractivity contribution >= 4 is 27.3 Å². The third-order valence-electron chi connectivity index (χ3n) is 6.15. The van der Waals surface area contributed by atoms with Crippen molar-refractivity contribution < 1.29 is 22.3 Å². The summed E-state index contributed by atoms with van der Waals surface area (Å²) in [5.74, 6) is -0.199. The summed E-state index contributed by atoms with van der Waals surface area (Å²) >= 11 is 0. The van der Waals surface area contributed by atoms with Gasteiger partial charge in [-0.05, 0) is 62.4 Å². The molecule has 7 nitrogen and oxygen atoms in total. The monoisotopic (exact) mass is 511 g/mol. The van der Waals surface area contributed by atoms with E-state index < -0.39 is 10.0 Å². The third kappa shape index (κ3) is 5.62. The van der Waals surface area contributed by atoms with Crippen molar-refractivity contribution in [2.45, 2.75) is 18.7 Å². The Labute approximate surface area is 211 Å². The van der Waals surface area contributed by atoms with Crippen molar-refractivity contribution in [3.63, 3.8) is 0 Å². The molecule has 1 fully saturated rings. The summed E-state index contributed by atoms with van der Waals surface area (Å²) in [6.45, 7) is 5.71. The SMILES string of the molecule is CCOc1ccccc1N(CC(=O)N1CCN(c2ccc(F)cc2)CC1)S(=O)(=O)c1ccc(C)cc1. The number of aryl methyl sites for hydroxylation is 1. The average Bonchev–Trinajstić information content (AvgIpc) is 2.88. The lowest BCUT2D eigenvalue weighted by Gasteiger charge is -2.37. The number of anilines is 2. The number of sulfonamides is 1. The van der Waals surface area contributed by atoms with Crippen molar-refractivity contribution in [1.29, 1.82) is 0 Å². The molecule has 0 saturated carbocycles. The number of amides is 1. The van der Waals surface area contributed by atoms with E-state index in [1.165, 1.54) is 12.1 Å². The highest BCUT2D eigenvalue weighted by molar-refractivity contribution is 7.92. The van der Waals surface area contributed by atoms with E-state index in [-0.39, 0.29) is 23.2 Å². The number of rotatable bonds is 8. The summed E-state index contributed by atoms with van der Waals surface area (Å²) in [5.41, 5.74) is 2.14. The first-order valence-corrected chi connectivity index (χ1v) is 13.3. The third-order valence-corrected chi connectivity index (χ3v) is 7.92. The lowest BCUT2D eigenvalue weighted by atomic mass is 10.2. The van der Waals surface area contributed by atoms with Gasteiger partial charge in [0.25, 0.3) is 10.0 Å². The predicted octanol–water partition coefficient (Wildman–Crippen LogP) is 4.08. The van der Waals surface area contributed by atoms with Crippen LogP contribution in [-0.2, 0) is 14.8 Å². The van der Waals surface area contributed by atoms with Gasteiger partial charge in [-0.3, -0.25) is 9.10 Å². The maximum atomic E-state index is 13.7. The number of ether oxygens (including phenoxy) is 1. The van der Waals surface area contributed by atoms with E-state index in [2.05, 4.69) is 4.90 Å². The Morgan fingerprint density at radius 3 is 2.22 bits per heavy atom. The first kappa shape index (κ1) is 25.5. The summed E-state index contributed by atoms with van der Waals surface area (Å²) in [6.07, 6.45) is 0. The molecule has 1 heterocycles. The quantitative estimate of drug-likeness (QED) is 0.456. The number of hydrogen-bond acceptors (Lipinski definition) is 5. The molecule has 0 spiro atoms. The molecule has 0 unspecified atom stereocenters. The maximum absolute atomic E-state index is 13.7. The number of halogens is 1. The average molecular weight is 512 g/mol. The Balaban J connectivity index is 1.57. The van der Waals surface area contributed by atoms with Crippen LogP contribution in [0.15, 0.2) is 77.7 Å². The van der Waals surface area contributed by atoms with Crippen LogP contribution >= 0.6 is 0 Å². The van der Waals surface area contributed by atoms with Crippen LogP contribution < -0.4 is 13.9 Å². The molecule has 36 heavy (non-hydrogen) atoms. The van der Waals surface area contributed by atoms with E-state index in [0.29, 0.717) is 44.2 Å². The molecule has 4 rings (SSSR count). The van der Waals surface area contributed by atoms with E-state index in [0.717, 1.165) is 15.6 Å². The van der Waals surface area contributed by atoms with Gasteiger partial charge < -0.3 is 14.5 Å². The largest absolute Gasteiger partial charge is 0.492 e. The number of piperazine rings is 1. The van der Waals surface area contributed by atoms with Gasteiger partial charge in [0, 0.05) is 31.9 Å². The molecule has 1 aliphatic heterocycles. The molecule has 0 aromatic heterocycles. The Kier molecular flexibility index (Phi) is 7.79. The molecule has 3 aromatic rings. The lowest BCUT2D eigenvalue weighted by molar-refractivity contribution is -0.129. The Morgan fingerprint density at radius 1 is 0.944 bits per heavy atom. The second-order valence-electron chi connectivity index (χ2n) is 8.57. The van der Waals surface area contributed by atoms with Crippen molar-refractivity contribution in [3.05, 3.63) is 84.2 Å². The second kappa shape index (κ2) is 11.0. The van der Waals surface area contributed by atoms with Crippen LogP contribution in [0.1, 0.15) is 12.5 Å². The van der Waals surface area contributed by atoms with Crippen LogP contribution in [0.25, 0.3) is 0 Å². The number of carbonyl (C=O) groups is 1. The molecule has 1 amide bonds. The van der Waals surface area contributed by atoms with Gasteiger partial charge in [-0.2, -0.15) is 0 Å². The highest BCUT2D eigenvalue weighted by atomic mass is 32.2. The van der Waals surface area contributed by atoms with Gasteiger partial charge in [-0.25, -0.2) is 12.8 Å². The minimum absolute atomic E-state index is 0.105. The van der Waals surface area contributed by atoms with E-state index >= 15 is 0 Å². The topological polar surface area (TPSA) is 70.2 Å². The van der Waals surface area contributed by atoms with Crippen LogP contribution in [0.3, 0.4) is 0 Å². The number of benzene rings is 3. The zero-order valence-corrected chi connectivity index (χ0v) is 21.2. The van der Waals surface area contributed by atoms with Crippen LogP contribution in [0, 0.1) is 12.7 Å². The highest BCUT2D eigenvalue weighted by Crippen LogP contribution is 2.33. The first-order valence-electron chi connectivity index (χ1n) is 11.9. The van der Waals surface area contributed by atoms with Crippen LogP contribution in [0.5, 0.6) is 5.75 Å². The van der Waals surface area contributed by atoms with Crippen molar-refractivity contribution in [2.75, 3.05) is 48.5 Å². The van der Waals surface area contributed by atoms with E-state index in [1.807, 2.05) is 13.8 Å². The molecule has 190 valence electrons. The molecule has 0 N–H and O–H groups in total. The molecular weight excluding hydrogens is 481 g/mol. The zero-order valence-electron chi connectivity index (χ0n) is 20.4. The number of hydrogen-bond donors (Lipinski definition) is 0. The van der Waals surface area contributed by atoms with E-state index in [1.54, 1.807) is 65.6 Å².